The summed E-state index contributed by atoms with van der Waals surface area (Å²) in [6, 6.07) is 0.475. The topological polar surface area (TPSA) is 32.3 Å². The van der Waals surface area contributed by atoms with Crippen LogP contribution in [0.4, 0.5) is 11.6 Å². The van der Waals surface area contributed by atoms with E-state index in [1.54, 1.807) is 12.4 Å². The molecule has 0 fully saturated rings. The zero-order chi connectivity index (χ0) is 11.9. The van der Waals surface area contributed by atoms with Gasteiger partial charge in [0, 0.05) is 0 Å². The van der Waals surface area contributed by atoms with Gasteiger partial charge in [-0.2, -0.15) is 0 Å². The molecule has 0 aliphatic carbocycles. The second kappa shape index (κ2) is 4.79. The third-order valence-electron chi connectivity index (χ3n) is 3.07. The van der Waals surface area contributed by atoms with Crippen molar-refractivity contribution in [3.63, 3.8) is 0 Å². The number of fused-ring (bicyclic) bond motifs is 1. The molecule has 1 aliphatic rings. The summed E-state index contributed by atoms with van der Waals surface area (Å²) in [5.74, 6) is 2.77. The van der Waals surface area contributed by atoms with E-state index >= 15 is 0 Å². The van der Waals surface area contributed by atoms with Crippen LogP contribution in [-0.2, 0) is 0 Å². The maximum absolute atomic E-state index is 4.50. The second-order valence-corrected chi connectivity index (χ2v) is 8.93. The quantitative estimate of drug-likeness (QED) is 0.713. The first kappa shape index (κ1) is 12.6. The molecule has 0 N–H and O–H groups in total. The van der Waals surface area contributed by atoms with Crippen LogP contribution in [0, 0.1) is 49.1 Å². The molecule has 0 radical (unpaired) electrons. The van der Waals surface area contributed by atoms with Crippen LogP contribution in [0.2, 0.25) is 0 Å². The molecule has 2 rings (SSSR count). The Morgan fingerprint density at radius 3 is 2.19 bits per heavy atom. The van der Waals surface area contributed by atoms with E-state index in [1.165, 1.54) is 0 Å². The van der Waals surface area contributed by atoms with Gasteiger partial charge in [-0.15, -0.1) is 0 Å². The van der Waals surface area contributed by atoms with Crippen molar-refractivity contribution in [1.29, 1.82) is 0 Å². The number of nitrogens with zero attached hydrogens (tertiary/aromatic N) is 4. The van der Waals surface area contributed by atoms with E-state index in [1.807, 2.05) is 0 Å². The molecule has 0 spiro atoms. The first-order valence-electron chi connectivity index (χ1n) is 5.86. The Balaban J connectivity index is 2.47. The standard InChI is InChI=1S/C11H17N4.Ra.H/c1-7(2)10-14-9-11(13-6-5-12-9)15(10)8(3)4;;/h5-8,10H,1-4H3;;/q-1;+1;. The van der Waals surface area contributed by atoms with Gasteiger partial charge in [0.2, 0.25) is 0 Å². The number of anilines is 2. The van der Waals surface area contributed by atoms with Crippen LogP contribution < -0.4 is 5.33 Å². The molecule has 0 aromatic carbocycles. The first-order valence-corrected chi connectivity index (χ1v) is 9.53. The summed E-state index contributed by atoms with van der Waals surface area (Å²) >= 11 is 0.256. The monoisotopic (exact) mass is 432 g/mol. The second-order valence-electron chi connectivity index (χ2n) is 4.97. The van der Waals surface area contributed by atoms with Gasteiger partial charge < -0.3 is 0 Å². The van der Waals surface area contributed by atoms with Gasteiger partial charge in [0.05, 0.1) is 0 Å². The van der Waals surface area contributed by atoms with Crippen LogP contribution >= 0.6 is 0 Å². The van der Waals surface area contributed by atoms with Gasteiger partial charge in [-0.1, -0.05) is 0 Å². The van der Waals surface area contributed by atoms with E-state index in [2.05, 4.69) is 43.0 Å². The summed E-state index contributed by atoms with van der Waals surface area (Å²) in [5, 5.41) is 0. The van der Waals surface area contributed by atoms with E-state index in [4.69, 9.17) is 0 Å². The average molecular weight is 432 g/mol. The van der Waals surface area contributed by atoms with E-state index in [0.29, 0.717) is 18.1 Å². The van der Waals surface area contributed by atoms with E-state index in [9.17, 15) is 0 Å². The third-order valence-corrected chi connectivity index (χ3v) is 6.99. The van der Waals surface area contributed by atoms with Gasteiger partial charge >= 0.3 is 128 Å². The van der Waals surface area contributed by atoms with Crippen LogP contribution in [0.1, 0.15) is 27.7 Å². The van der Waals surface area contributed by atoms with Crippen molar-refractivity contribution >= 4 is 11.6 Å². The molecule has 0 saturated carbocycles. The van der Waals surface area contributed by atoms with Crippen LogP contribution in [0.25, 0.3) is 0 Å². The Bertz CT molecular complexity index is 380. The normalized spacial score (nSPS) is 19.7. The Kier molecular flexibility index (Phi) is 3.78. The molecule has 0 saturated heterocycles. The summed E-state index contributed by atoms with van der Waals surface area (Å²) in [5.41, 5.74) is 0. The van der Waals surface area contributed by atoms with E-state index in [-0.39, 0.29) is 43.2 Å². The molecule has 16 heavy (non-hydrogen) atoms. The molecule has 1 atom stereocenters. The molecule has 1 aliphatic heterocycles. The van der Waals surface area contributed by atoms with Crippen molar-refractivity contribution in [3.8, 4) is 0 Å². The zero-order valence-electron chi connectivity index (χ0n) is 10.7. The van der Waals surface area contributed by atoms with E-state index < -0.39 is 0 Å². The number of hydrogen-bond acceptors (Lipinski definition) is 4. The minimum absolute atomic E-state index is 0.256. The third kappa shape index (κ3) is 1.98. The molecular formula is C11H18N4Ra. The molecule has 4 nitrogen and oxygen atoms in total. The Labute approximate surface area is 127 Å². The predicted octanol–water partition coefficient (Wildman–Crippen LogP) is 1.69. The summed E-state index contributed by atoms with van der Waals surface area (Å²) in [6.45, 7) is 9.00. The summed E-state index contributed by atoms with van der Waals surface area (Å²) in [6.07, 6.45) is 4.05. The van der Waals surface area contributed by atoms with Gasteiger partial charge in [0.1, 0.15) is 0 Å². The van der Waals surface area contributed by atoms with E-state index in [0.717, 1.165) is 11.6 Å². The Hall–Kier alpha value is 0.148. The molecule has 1 aromatic rings. The molecule has 84 valence electrons. The molecule has 0 bridgehead atoms. The van der Waals surface area contributed by atoms with Crippen molar-refractivity contribution in [2.75, 3.05) is 5.33 Å². The fraction of sp³-hybridized carbons (Fsp3) is 0.636. The number of aromatic nitrogens is 2. The fourth-order valence-corrected chi connectivity index (χ4v) is 7.28. The Morgan fingerprint density at radius 1 is 1.12 bits per heavy atom. The summed E-state index contributed by atoms with van der Waals surface area (Å²) in [7, 11) is 0. The van der Waals surface area contributed by atoms with Crippen molar-refractivity contribution in [2.45, 2.75) is 39.9 Å². The van der Waals surface area contributed by atoms with Crippen molar-refractivity contribution < 1.29 is 43.2 Å². The van der Waals surface area contributed by atoms with Crippen molar-refractivity contribution in [1.82, 2.24) is 9.97 Å². The molecule has 0 amide bonds. The van der Waals surface area contributed by atoms with Crippen molar-refractivity contribution in [2.24, 2.45) is 5.92 Å². The predicted molar refractivity (Wildman–Crippen MR) is 62.1 cm³/mol. The average Bonchev–Trinajstić information content (AvgIpc) is 2.53. The molecule has 5 heteroatoms. The molecule has 2 heterocycles. The van der Waals surface area contributed by atoms with Crippen LogP contribution in [0.3, 0.4) is 0 Å². The molecular weight excluding hydrogens is 414 g/mol. The zero-order valence-corrected chi connectivity index (χ0v) is 18.9. The Morgan fingerprint density at radius 2 is 1.69 bits per heavy atom. The number of rotatable bonds is 2. The summed E-state index contributed by atoms with van der Waals surface area (Å²) < 4.78 is 2.46. The summed E-state index contributed by atoms with van der Waals surface area (Å²) in [4.78, 5) is 11.4. The van der Waals surface area contributed by atoms with Gasteiger partial charge in [-0.3, -0.25) is 0 Å². The van der Waals surface area contributed by atoms with Crippen LogP contribution in [-0.4, -0.2) is 22.2 Å². The molecule has 1 aromatic heterocycles. The number of hydrogen-bond donors (Lipinski definition) is 0. The van der Waals surface area contributed by atoms with Gasteiger partial charge in [-0.05, 0) is 0 Å². The van der Waals surface area contributed by atoms with Crippen LogP contribution in [0.5, 0.6) is 0 Å². The van der Waals surface area contributed by atoms with Gasteiger partial charge in [0.15, 0.2) is 0 Å². The van der Waals surface area contributed by atoms with Crippen LogP contribution in [0.15, 0.2) is 12.4 Å². The van der Waals surface area contributed by atoms with Gasteiger partial charge in [-0.25, -0.2) is 0 Å². The fourth-order valence-electron chi connectivity index (χ4n) is 2.51. The SMILES string of the molecule is CC(C)C1[N]([RaH])c2nccnc2N1C(C)C. The minimum atomic E-state index is 0.256. The van der Waals surface area contributed by atoms with Crippen molar-refractivity contribution in [3.05, 3.63) is 12.4 Å². The molecule has 1 unspecified atom stereocenters. The van der Waals surface area contributed by atoms with Gasteiger partial charge in [0.25, 0.3) is 0 Å². The first-order chi connectivity index (χ1) is 7.54. The maximum atomic E-state index is 4.50.